The molecule has 1 fully saturated rings. The third kappa shape index (κ3) is 6.41. The summed E-state index contributed by atoms with van der Waals surface area (Å²) in [6.07, 6.45) is -2.33. The molecule has 0 aromatic heterocycles. The monoisotopic (exact) mass is 388 g/mol. The standard InChI is InChI=1S/C18H24F4N4O/c1-2-23-17(24-8-7-16(27)26-9-3-4-10-26)25-12-13-5-6-14(19)11-15(13)18(20,21)22/h5-6,11H,2-4,7-10,12H2,1H3,(H2,23,24,25). The molecule has 0 aliphatic carbocycles. The number of likely N-dealkylation sites (tertiary alicyclic amines) is 1. The topological polar surface area (TPSA) is 56.7 Å². The van der Waals surface area contributed by atoms with Gasteiger partial charge in [-0.1, -0.05) is 6.07 Å². The van der Waals surface area contributed by atoms with Crippen molar-refractivity contribution in [1.82, 2.24) is 15.5 Å². The van der Waals surface area contributed by atoms with E-state index in [2.05, 4.69) is 15.6 Å². The van der Waals surface area contributed by atoms with E-state index < -0.39 is 17.6 Å². The van der Waals surface area contributed by atoms with Gasteiger partial charge in [0.2, 0.25) is 5.91 Å². The summed E-state index contributed by atoms with van der Waals surface area (Å²) in [6.45, 7) is 3.96. The van der Waals surface area contributed by atoms with Gasteiger partial charge in [-0.05, 0) is 37.5 Å². The van der Waals surface area contributed by atoms with Crippen LogP contribution in [0.3, 0.4) is 0 Å². The Morgan fingerprint density at radius 1 is 1.22 bits per heavy atom. The minimum absolute atomic E-state index is 0.0498. The molecule has 2 N–H and O–H groups in total. The SMILES string of the molecule is CCNC(=NCc1ccc(F)cc1C(F)(F)F)NCCC(=O)N1CCCC1. The smallest absolute Gasteiger partial charge is 0.357 e. The number of hydrogen-bond acceptors (Lipinski definition) is 2. The number of guanidine groups is 1. The Labute approximate surface area is 155 Å². The predicted octanol–water partition coefficient (Wildman–Crippen LogP) is 2.91. The van der Waals surface area contributed by atoms with Crippen LogP contribution < -0.4 is 10.6 Å². The molecule has 150 valence electrons. The Hall–Kier alpha value is -2.32. The van der Waals surface area contributed by atoms with Crippen LogP contribution in [0, 0.1) is 5.82 Å². The zero-order valence-corrected chi connectivity index (χ0v) is 15.2. The molecule has 1 aromatic rings. The van der Waals surface area contributed by atoms with Crippen molar-refractivity contribution < 1.29 is 22.4 Å². The summed E-state index contributed by atoms with van der Waals surface area (Å²) in [5.41, 5.74) is -1.15. The van der Waals surface area contributed by atoms with E-state index in [0.29, 0.717) is 25.1 Å². The summed E-state index contributed by atoms with van der Waals surface area (Å²) in [4.78, 5) is 18.0. The second-order valence-corrected chi connectivity index (χ2v) is 6.26. The lowest BCUT2D eigenvalue weighted by atomic mass is 10.1. The third-order valence-corrected chi connectivity index (χ3v) is 4.22. The zero-order valence-electron chi connectivity index (χ0n) is 15.2. The van der Waals surface area contributed by atoms with Crippen molar-refractivity contribution in [3.63, 3.8) is 0 Å². The summed E-state index contributed by atoms with van der Waals surface area (Å²) in [7, 11) is 0. The number of nitrogens with one attached hydrogen (secondary N) is 2. The molecule has 1 heterocycles. The highest BCUT2D eigenvalue weighted by Crippen LogP contribution is 2.32. The number of benzene rings is 1. The van der Waals surface area contributed by atoms with Crippen LogP contribution in [0.25, 0.3) is 0 Å². The van der Waals surface area contributed by atoms with Crippen LogP contribution in [0.5, 0.6) is 0 Å². The van der Waals surface area contributed by atoms with Gasteiger partial charge in [-0.25, -0.2) is 9.38 Å². The van der Waals surface area contributed by atoms with Crippen LogP contribution in [0.2, 0.25) is 0 Å². The predicted molar refractivity (Wildman–Crippen MR) is 94.7 cm³/mol. The van der Waals surface area contributed by atoms with Crippen LogP contribution in [0.4, 0.5) is 17.6 Å². The van der Waals surface area contributed by atoms with E-state index in [9.17, 15) is 22.4 Å². The van der Waals surface area contributed by atoms with Gasteiger partial charge in [-0.15, -0.1) is 0 Å². The molecular formula is C18H24F4N4O. The first kappa shape index (κ1) is 21.0. The van der Waals surface area contributed by atoms with Gasteiger partial charge < -0.3 is 15.5 Å². The van der Waals surface area contributed by atoms with Gasteiger partial charge in [0, 0.05) is 32.6 Å². The van der Waals surface area contributed by atoms with Crippen LogP contribution in [-0.2, 0) is 17.5 Å². The number of halogens is 4. The lowest BCUT2D eigenvalue weighted by Crippen LogP contribution is -2.39. The molecule has 1 aromatic carbocycles. The van der Waals surface area contributed by atoms with Crippen molar-refractivity contribution in [2.75, 3.05) is 26.2 Å². The fraction of sp³-hybridized carbons (Fsp3) is 0.556. The lowest BCUT2D eigenvalue weighted by Gasteiger charge is -2.16. The van der Waals surface area contributed by atoms with Gasteiger partial charge in [-0.2, -0.15) is 13.2 Å². The highest BCUT2D eigenvalue weighted by molar-refractivity contribution is 5.81. The zero-order chi connectivity index (χ0) is 19.9. The Morgan fingerprint density at radius 3 is 2.56 bits per heavy atom. The summed E-state index contributed by atoms with van der Waals surface area (Å²) in [6, 6.07) is 2.54. The van der Waals surface area contributed by atoms with E-state index >= 15 is 0 Å². The minimum atomic E-state index is -4.65. The number of rotatable bonds is 6. The molecule has 0 unspecified atom stereocenters. The molecule has 5 nitrogen and oxygen atoms in total. The average Bonchev–Trinajstić information content (AvgIpc) is 3.14. The van der Waals surface area contributed by atoms with Crippen molar-refractivity contribution in [1.29, 1.82) is 0 Å². The van der Waals surface area contributed by atoms with Crippen LogP contribution in [-0.4, -0.2) is 42.9 Å². The molecule has 27 heavy (non-hydrogen) atoms. The van der Waals surface area contributed by atoms with Crippen LogP contribution in [0.15, 0.2) is 23.2 Å². The van der Waals surface area contributed by atoms with Crippen LogP contribution >= 0.6 is 0 Å². The molecule has 1 amide bonds. The first-order valence-electron chi connectivity index (χ1n) is 8.97. The second-order valence-electron chi connectivity index (χ2n) is 6.26. The Balaban J connectivity index is 1.98. The molecule has 1 aliphatic rings. The highest BCUT2D eigenvalue weighted by Gasteiger charge is 2.33. The quantitative estimate of drug-likeness (QED) is 0.448. The summed E-state index contributed by atoms with van der Waals surface area (Å²) in [5, 5.41) is 5.88. The normalized spacial score (nSPS) is 15.1. The molecule has 0 bridgehead atoms. The maximum absolute atomic E-state index is 13.2. The van der Waals surface area contributed by atoms with Crippen molar-refractivity contribution in [2.45, 2.75) is 38.9 Å². The number of nitrogens with zero attached hydrogens (tertiary/aromatic N) is 2. The van der Waals surface area contributed by atoms with E-state index in [1.807, 2.05) is 6.92 Å². The molecule has 0 saturated carbocycles. The number of carbonyl (C=O) groups excluding carboxylic acids is 1. The molecule has 0 atom stereocenters. The van der Waals surface area contributed by atoms with Crippen molar-refractivity contribution >= 4 is 11.9 Å². The maximum atomic E-state index is 13.2. The minimum Gasteiger partial charge on any atom is -0.357 e. The molecule has 0 radical (unpaired) electrons. The fourth-order valence-electron chi connectivity index (χ4n) is 2.87. The van der Waals surface area contributed by atoms with E-state index in [4.69, 9.17) is 0 Å². The van der Waals surface area contributed by atoms with Crippen molar-refractivity contribution in [2.24, 2.45) is 4.99 Å². The summed E-state index contributed by atoms with van der Waals surface area (Å²) >= 11 is 0. The van der Waals surface area contributed by atoms with Gasteiger partial charge in [-0.3, -0.25) is 4.79 Å². The van der Waals surface area contributed by atoms with E-state index in [1.54, 1.807) is 4.90 Å². The highest BCUT2D eigenvalue weighted by atomic mass is 19.4. The number of carbonyl (C=O) groups is 1. The first-order valence-corrected chi connectivity index (χ1v) is 8.97. The van der Waals surface area contributed by atoms with Crippen LogP contribution in [0.1, 0.15) is 37.3 Å². The number of amides is 1. The number of aliphatic imine (C=N–C) groups is 1. The van der Waals surface area contributed by atoms with Crippen molar-refractivity contribution in [3.8, 4) is 0 Å². The lowest BCUT2D eigenvalue weighted by molar-refractivity contribution is -0.138. The number of hydrogen-bond donors (Lipinski definition) is 2. The maximum Gasteiger partial charge on any atom is 0.416 e. The largest absolute Gasteiger partial charge is 0.416 e. The van der Waals surface area contributed by atoms with E-state index in [0.717, 1.165) is 38.1 Å². The Morgan fingerprint density at radius 2 is 1.93 bits per heavy atom. The molecule has 0 spiro atoms. The summed E-state index contributed by atoms with van der Waals surface area (Å²) in [5.74, 6) is -0.585. The molecule has 9 heteroatoms. The fourth-order valence-corrected chi connectivity index (χ4v) is 2.87. The Bertz CT molecular complexity index is 670. The van der Waals surface area contributed by atoms with Gasteiger partial charge in [0.25, 0.3) is 0 Å². The third-order valence-electron chi connectivity index (χ3n) is 4.22. The Kier molecular flexibility index (Phi) is 7.44. The van der Waals surface area contributed by atoms with Crippen molar-refractivity contribution in [3.05, 3.63) is 35.1 Å². The molecule has 1 aliphatic heterocycles. The van der Waals surface area contributed by atoms with Gasteiger partial charge in [0.05, 0.1) is 12.1 Å². The van der Waals surface area contributed by atoms with E-state index in [1.165, 1.54) is 0 Å². The number of alkyl halides is 3. The second kappa shape index (κ2) is 9.57. The first-order chi connectivity index (χ1) is 12.8. The van der Waals surface area contributed by atoms with Gasteiger partial charge in [0.1, 0.15) is 5.82 Å². The molecular weight excluding hydrogens is 364 g/mol. The van der Waals surface area contributed by atoms with E-state index in [-0.39, 0.29) is 24.4 Å². The average molecular weight is 388 g/mol. The van der Waals surface area contributed by atoms with Gasteiger partial charge >= 0.3 is 6.18 Å². The molecule has 1 saturated heterocycles. The summed E-state index contributed by atoms with van der Waals surface area (Å²) < 4.78 is 52.3. The molecule has 2 rings (SSSR count). The van der Waals surface area contributed by atoms with Gasteiger partial charge in [0.15, 0.2) is 5.96 Å².